The van der Waals surface area contributed by atoms with Crippen LogP contribution in [0.3, 0.4) is 0 Å². The third-order valence-corrected chi connectivity index (χ3v) is 4.12. The van der Waals surface area contributed by atoms with E-state index in [0.29, 0.717) is 22.8 Å². The molecule has 1 aromatic heterocycles. The molecule has 1 N–H and O–H groups in total. The van der Waals surface area contributed by atoms with E-state index in [1.807, 2.05) is 12.2 Å². The number of furan rings is 1. The lowest BCUT2D eigenvalue weighted by Gasteiger charge is -2.27. The second-order valence-corrected chi connectivity index (χ2v) is 6.06. The number of amides is 2. The van der Waals surface area contributed by atoms with Crippen molar-refractivity contribution >= 4 is 17.5 Å². The second-order valence-electron chi connectivity index (χ2n) is 6.06. The van der Waals surface area contributed by atoms with Crippen LogP contribution in [0.25, 0.3) is 0 Å². The number of hydrogen-bond acceptors (Lipinski definition) is 3. The number of fused-ring (bicyclic) bond motifs is 1. The fourth-order valence-corrected chi connectivity index (χ4v) is 3.08. The molecule has 1 unspecified atom stereocenters. The zero-order chi connectivity index (χ0) is 17.3. The summed E-state index contributed by atoms with van der Waals surface area (Å²) in [5.41, 5.74) is 2.87. The molecule has 0 bridgehead atoms. The number of hydrogen-bond donors (Lipinski definition) is 1. The van der Waals surface area contributed by atoms with Gasteiger partial charge in [-0.05, 0) is 38.5 Å². The van der Waals surface area contributed by atoms with Gasteiger partial charge >= 0.3 is 0 Å². The Morgan fingerprint density at radius 3 is 2.79 bits per heavy atom. The average molecular weight is 324 g/mol. The van der Waals surface area contributed by atoms with Crippen LogP contribution in [0.2, 0.25) is 0 Å². The van der Waals surface area contributed by atoms with Crippen molar-refractivity contribution in [3.63, 3.8) is 0 Å². The lowest BCUT2D eigenvalue weighted by molar-refractivity contribution is -0.116. The molecule has 2 aliphatic rings. The summed E-state index contributed by atoms with van der Waals surface area (Å²) in [6.07, 6.45) is 9.10. The first-order valence-electron chi connectivity index (χ1n) is 8.09. The molecule has 1 aromatic rings. The van der Waals surface area contributed by atoms with E-state index in [9.17, 15) is 9.59 Å². The number of aliphatic imine (C=N–C) groups is 1. The maximum atomic E-state index is 12.3. The van der Waals surface area contributed by atoms with Crippen LogP contribution in [0.1, 0.15) is 41.6 Å². The Kier molecular flexibility index (Phi) is 4.34. The zero-order valence-electron chi connectivity index (χ0n) is 14.1. The second kappa shape index (κ2) is 6.43. The van der Waals surface area contributed by atoms with Crippen LogP contribution in [0.4, 0.5) is 0 Å². The molecule has 0 fully saturated rings. The molecule has 0 aromatic carbocycles. The van der Waals surface area contributed by atoms with Crippen molar-refractivity contribution in [1.29, 1.82) is 0 Å². The van der Waals surface area contributed by atoms with Crippen LogP contribution in [0, 0.1) is 19.8 Å². The van der Waals surface area contributed by atoms with Gasteiger partial charge in [0, 0.05) is 17.7 Å². The van der Waals surface area contributed by atoms with Gasteiger partial charge in [-0.3, -0.25) is 9.59 Å². The zero-order valence-corrected chi connectivity index (χ0v) is 14.1. The van der Waals surface area contributed by atoms with Crippen molar-refractivity contribution in [3.8, 4) is 0 Å². The van der Waals surface area contributed by atoms with E-state index in [1.54, 1.807) is 32.1 Å². The Balaban J connectivity index is 1.87. The highest BCUT2D eigenvalue weighted by Gasteiger charge is 2.26. The van der Waals surface area contributed by atoms with E-state index in [-0.39, 0.29) is 17.7 Å². The number of carbonyl (C=O) groups excluding carboxylic acids is 2. The molecule has 5 heteroatoms. The summed E-state index contributed by atoms with van der Waals surface area (Å²) in [5, 5.41) is 2.85. The minimum Gasteiger partial charge on any atom is -0.466 e. The minimum absolute atomic E-state index is 0.0645. The van der Waals surface area contributed by atoms with Gasteiger partial charge in [0.05, 0.1) is 11.3 Å². The van der Waals surface area contributed by atoms with Crippen molar-refractivity contribution in [3.05, 3.63) is 58.7 Å². The van der Waals surface area contributed by atoms with E-state index >= 15 is 0 Å². The highest BCUT2D eigenvalue weighted by atomic mass is 16.3. The average Bonchev–Trinajstić information content (AvgIpc) is 2.86. The molecular weight excluding hydrogens is 304 g/mol. The summed E-state index contributed by atoms with van der Waals surface area (Å²) in [4.78, 5) is 28.3. The number of rotatable bonds is 3. The Morgan fingerprint density at radius 2 is 2.12 bits per heavy atom. The molecule has 5 nitrogen and oxygen atoms in total. The topological polar surface area (TPSA) is 71.7 Å². The van der Waals surface area contributed by atoms with Gasteiger partial charge in [-0.15, -0.1) is 0 Å². The highest BCUT2D eigenvalue weighted by molar-refractivity contribution is 6.14. The molecule has 124 valence electrons. The number of nitrogens with one attached hydrogen (secondary N) is 1. The Labute approximate surface area is 140 Å². The van der Waals surface area contributed by atoms with Crippen LogP contribution < -0.4 is 5.32 Å². The third-order valence-electron chi connectivity index (χ3n) is 4.12. The fourth-order valence-electron chi connectivity index (χ4n) is 3.08. The Hall–Kier alpha value is -2.69. The molecule has 1 atom stereocenters. The van der Waals surface area contributed by atoms with Crippen molar-refractivity contribution in [2.24, 2.45) is 10.9 Å². The van der Waals surface area contributed by atoms with E-state index in [2.05, 4.69) is 17.2 Å². The largest absolute Gasteiger partial charge is 0.466 e. The first kappa shape index (κ1) is 16.2. The predicted molar refractivity (Wildman–Crippen MR) is 91.8 cm³/mol. The van der Waals surface area contributed by atoms with Crippen LogP contribution >= 0.6 is 0 Å². The van der Waals surface area contributed by atoms with Crippen LogP contribution in [-0.4, -0.2) is 17.5 Å². The quantitative estimate of drug-likeness (QED) is 0.926. The maximum absolute atomic E-state index is 12.3. The molecule has 0 saturated carbocycles. The van der Waals surface area contributed by atoms with Crippen LogP contribution in [0.5, 0.6) is 0 Å². The molecule has 1 aliphatic carbocycles. The predicted octanol–water partition coefficient (Wildman–Crippen LogP) is 3.40. The third kappa shape index (κ3) is 3.15. The van der Waals surface area contributed by atoms with E-state index in [1.165, 1.54) is 0 Å². The van der Waals surface area contributed by atoms with E-state index in [0.717, 1.165) is 24.1 Å². The maximum Gasteiger partial charge on any atom is 0.281 e. The van der Waals surface area contributed by atoms with Crippen LogP contribution in [0.15, 0.2) is 51.1 Å². The van der Waals surface area contributed by atoms with Crippen molar-refractivity contribution < 1.29 is 14.0 Å². The molecule has 1 aliphatic heterocycles. The van der Waals surface area contributed by atoms with Crippen molar-refractivity contribution in [2.75, 3.05) is 0 Å². The molecule has 2 heterocycles. The summed E-state index contributed by atoms with van der Waals surface area (Å²) < 4.78 is 5.38. The van der Waals surface area contributed by atoms with Crippen molar-refractivity contribution in [1.82, 2.24) is 5.32 Å². The van der Waals surface area contributed by atoms with E-state index < -0.39 is 0 Å². The first-order valence-corrected chi connectivity index (χ1v) is 8.09. The van der Waals surface area contributed by atoms with Gasteiger partial charge in [-0.25, -0.2) is 4.99 Å². The monoisotopic (exact) mass is 324 g/mol. The lowest BCUT2D eigenvalue weighted by Crippen LogP contribution is -2.33. The van der Waals surface area contributed by atoms with Gasteiger partial charge in [0.25, 0.3) is 5.91 Å². The van der Waals surface area contributed by atoms with Gasteiger partial charge in [0.15, 0.2) is 0 Å². The summed E-state index contributed by atoms with van der Waals surface area (Å²) in [6.45, 7) is 5.63. The molecule has 0 saturated heterocycles. The van der Waals surface area contributed by atoms with Crippen molar-refractivity contribution in [2.45, 2.75) is 33.6 Å². The molecule has 0 spiro atoms. The number of aryl methyl sites for hydroxylation is 2. The van der Waals surface area contributed by atoms with Gasteiger partial charge in [0.1, 0.15) is 11.5 Å². The summed E-state index contributed by atoms with van der Waals surface area (Å²) in [7, 11) is 0. The van der Waals surface area contributed by atoms with E-state index in [4.69, 9.17) is 4.42 Å². The molecule has 2 amide bonds. The highest BCUT2D eigenvalue weighted by Crippen LogP contribution is 2.30. The Bertz CT molecular complexity index is 822. The summed E-state index contributed by atoms with van der Waals surface area (Å²) in [6, 6.07) is 1.69. The van der Waals surface area contributed by atoms with Gasteiger partial charge < -0.3 is 9.73 Å². The van der Waals surface area contributed by atoms with Gasteiger partial charge in [-0.2, -0.15) is 0 Å². The standard InChI is InChI=1S/C19H20N2O3/c1-4-5-13-9-18(22)21-17-10-14(6-7-15(13)17)20-19(23)16-8-11(2)24-12(16)3/h6-10,15H,4-5H2,1-3H3,(H,21,22). The number of allylic oxidation sites excluding steroid dienone is 3. The molecule has 3 rings (SSSR count). The van der Waals surface area contributed by atoms with Gasteiger partial charge in [0.2, 0.25) is 5.91 Å². The smallest absolute Gasteiger partial charge is 0.281 e. The summed E-state index contributed by atoms with van der Waals surface area (Å²) in [5.74, 6) is 0.845. The fraction of sp³-hybridized carbons (Fsp3) is 0.316. The summed E-state index contributed by atoms with van der Waals surface area (Å²) >= 11 is 0. The normalized spacial score (nSPS) is 21.2. The number of nitrogens with zero attached hydrogens (tertiary/aromatic N) is 1. The Morgan fingerprint density at radius 1 is 1.33 bits per heavy atom. The minimum atomic E-state index is -0.342. The number of carbonyl (C=O) groups is 2. The lowest BCUT2D eigenvalue weighted by atomic mass is 9.85. The molecule has 0 radical (unpaired) electrons. The molecular formula is C19H20N2O3. The first-order chi connectivity index (χ1) is 11.5. The van der Waals surface area contributed by atoms with Crippen LogP contribution in [-0.2, 0) is 4.79 Å². The van der Waals surface area contributed by atoms with Gasteiger partial charge in [-0.1, -0.05) is 25.0 Å². The SMILES string of the molecule is CCCC1=CC(=O)NC2=CC(=NC(=O)c3cc(C)oc3C)C=CC12. The molecule has 24 heavy (non-hydrogen) atoms.